The number of hydrogen-bond acceptors (Lipinski definition) is 3. The van der Waals surface area contributed by atoms with E-state index in [0.717, 1.165) is 5.69 Å². The summed E-state index contributed by atoms with van der Waals surface area (Å²) in [5, 5.41) is 3.29. The molecule has 1 aromatic carbocycles. The van der Waals surface area contributed by atoms with Crippen LogP contribution in [-0.2, 0) is 4.74 Å². The van der Waals surface area contributed by atoms with Gasteiger partial charge >= 0.3 is 6.61 Å². The third kappa shape index (κ3) is 4.87. The Kier molecular flexibility index (Phi) is 5.85. The van der Waals surface area contributed by atoms with Gasteiger partial charge in [-0.25, -0.2) is 0 Å². The van der Waals surface area contributed by atoms with Crippen LogP contribution in [0.4, 0.5) is 14.5 Å². The first-order chi connectivity index (χ1) is 8.52. The Balaban J connectivity index is 2.61. The van der Waals surface area contributed by atoms with Gasteiger partial charge in [-0.05, 0) is 30.2 Å². The highest BCUT2D eigenvalue weighted by Gasteiger charge is 2.12. The van der Waals surface area contributed by atoms with Gasteiger partial charge in [0.05, 0.1) is 12.6 Å². The number of rotatable bonds is 7. The first kappa shape index (κ1) is 14.7. The van der Waals surface area contributed by atoms with E-state index in [1.165, 1.54) is 12.1 Å². The third-order valence-electron chi connectivity index (χ3n) is 2.58. The molecule has 0 aliphatic carbocycles. The summed E-state index contributed by atoms with van der Waals surface area (Å²) in [6.07, 6.45) is 0. The van der Waals surface area contributed by atoms with Gasteiger partial charge in [0.25, 0.3) is 0 Å². The van der Waals surface area contributed by atoms with Crippen molar-refractivity contribution in [2.45, 2.75) is 26.5 Å². The molecule has 0 radical (unpaired) electrons. The standard InChI is InChI=1S/C13H19F2NO2/c1-9(2)12(8-17-3)16-10-4-6-11(7-5-10)18-13(14)15/h4-7,9,12-13,16H,8H2,1-3H3. The van der Waals surface area contributed by atoms with Gasteiger partial charge in [0, 0.05) is 12.8 Å². The SMILES string of the molecule is COCC(Nc1ccc(OC(F)F)cc1)C(C)C. The normalized spacial score (nSPS) is 12.8. The Morgan fingerprint density at radius 2 is 1.78 bits per heavy atom. The zero-order valence-corrected chi connectivity index (χ0v) is 10.8. The summed E-state index contributed by atoms with van der Waals surface area (Å²) in [6.45, 7) is 1.98. The molecule has 1 N–H and O–H groups in total. The number of alkyl halides is 2. The molecule has 0 saturated carbocycles. The van der Waals surface area contributed by atoms with E-state index in [1.807, 2.05) is 0 Å². The van der Waals surface area contributed by atoms with E-state index in [1.54, 1.807) is 19.2 Å². The summed E-state index contributed by atoms with van der Waals surface area (Å²) >= 11 is 0. The predicted molar refractivity (Wildman–Crippen MR) is 67.2 cm³/mol. The molecule has 0 saturated heterocycles. The summed E-state index contributed by atoms with van der Waals surface area (Å²) in [5.74, 6) is 0.560. The second-order valence-electron chi connectivity index (χ2n) is 4.35. The van der Waals surface area contributed by atoms with E-state index < -0.39 is 6.61 Å². The molecule has 18 heavy (non-hydrogen) atoms. The number of methoxy groups -OCH3 is 1. The van der Waals surface area contributed by atoms with Gasteiger partial charge in [-0.15, -0.1) is 0 Å². The average molecular weight is 259 g/mol. The average Bonchev–Trinajstić information content (AvgIpc) is 2.30. The molecule has 1 unspecified atom stereocenters. The van der Waals surface area contributed by atoms with Gasteiger partial charge in [-0.1, -0.05) is 13.8 Å². The van der Waals surface area contributed by atoms with Gasteiger partial charge < -0.3 is 14.8 Å². The maximum atomic E-state index is 12.0. The minimum absolute atomic E-state index is 0.156. The van der Waals surface area contributed by atoms with E-state index >= 15 is 0 Å². The van der Waals surface area contributed by atoms with Crippen molar-refractivity contribution in [3.05, 3.63) is 24.3 Å². The van der Waals surface area contributed by atoms with Crippen molar-refractivity contribution in [3.8, 4) is 5.75 Å². The number of benzene rings is 1. The van der Waals surface area contributed by atoms with Crippen molar-refractivity contribution < 1.29 is 18.3 Å². The molecule has 0 aliphatic rings. The van der Waals surface area contributed by atoms with Gasteiger partial charge in [0.1, 0.15) is 5.75 Å². The summed E-state index contributed by atoms with van der Waals surface area (Å²) in [7, 11) is 1.65. The number of anilines is 1. The van der Waals surface area contributed by atoms with Gasteiger partial charge in [-0.3, -0.25) is 0 Å². The maximum Gasteiger partial charge on any atom is 0.387 e. The molecule has 1 aromatic rings. The second kappa shape index (κ2) is 7.16. The number of halogens is 2. The number of ether oxygens (including phenoxy) is 2. The highest BCUT2D eigenvalue weighted by molar-refractivity contribution is 5.47. The Hall–Kier alpha value is -1.36. The van der Waals surface area contributed by atoms with Crippen molar-refractivity contribution in [2.75, 3.05) is 19.0 Å². The molecular weight excluding hydrogens is 240 g/mol. The highest BCUT2D eigenvalue weighted by Crippen LogP contribution is 2.19. The van der Waals surface area contributed by atoms with E-state index in [9.17, 15) is 8.78 Å². The fourth-order valence-corrected chi connectivity index (χ4v) is 1.53. The Labute approximate surface area is 106 Å². The third-order valence-corrected chi connectivity index (χ3v) is 2.58. The molecule has 1 atom stereocenters. The first-order valence-electron chi connectivity index (χ1n) is 5.83. The molecule has 0 spiro atoms. The van der Waals surface area contributed by atoms with Crippen LogP contribution in [0.3, 0.4) is 0 Å². The quantitative estimate of drug-likeness (QED) is 0.814. The molecule has 0 amide bonds. The highest BCUT2D eigenvalue weighted by atomic mass is 19.3. The minimum Gasteiger partial charge on any atom is -0.435 e. The van der Waals surface area contributed by atoms with Crippen LogP contribution in [0.15, 0.2) is 24.3 Å². The van der Waals surface area contributed by atoms with Crippen molar-refractivity contribution >= 4 is 5.69 Å². The molecule has 5 heteroatoms. The zero-order valence-electron chi connectivity index (χ0n) is 10.8. The van der Waals surface area contributed by atoms with Crippen molar-refractivity contribution in [1.82, 2.24) is 0 Å². The molecule has 0 aliphatic heterocycles. The molecule has 3 nitrogen and oxygen atoms in total. The lowest BCUT2D eigenvalue weighted by molar-refractivity contribution is -0.0498. The Morgan fingerprint density at radius 1 is 1.17 bits per heavy atom. The summed E-state index contributed by atoms with van der Waals surface area (Å²) in [6, 6.07) is 6.62. The summed E-state index contributed by atoms with van der Waals surface area (Å²) in [4.78, 5) is 0. The lowest BCUT2D eigenvalue weighted by atomic mass is 10.1. The maximum absolute atomic E-state index is 12.0. The lowest BCUT2D eigenvalue weighted by Crippen LogP contribution is -2.30. The fraction of sp³-hybridized carbons (Fsp3) is 0.538. The van der Waals surface area contributed by atoms with E-state index in [-0.39, 0.29) is 11.8 Å². The topological polar surface area (TPSA) is 30.5 Å². The molecule has 0 heterocycles. The van der Waals surface area contributed by atoms with Crippen LogP contribution in [0.5, 0.6) is 5.75 Å². The van der Waals surface area contributed by atoms with E-state index in [2.05, 4.69) is 23.9 Å². The predicted octanol–water partition coefficient (Wildman–Crippen LogP) is 3.37. The van der Waals surface area contributed by atoms with Crippen LogP contribution < -0.4 is 10.1 Å². The van der Waals surface area contributed by atoms with Crippen LogP contribution in [0.2, 0.25) is 0 Å². The van der Waals surface area contributed by atoms with Gasteiger partial charge in [-0.2, -0.15) is 8.78 Å². The van der Waals surface area contributed by atoms with Crippen molar-refractivity contribution in [2.24, 2.45) is 5.92 Å². The Bertz CT molecular complexity index is 341. The van der Waals surface area contributed by atoms with Crippen LogP contribution in [0.25, 0.3) is 0 Å². The summed E-state index contributed by atoms with van der Waals surface area (Å²) < 4.78 is 33.4. The monoisotopic (exact) mass is 259 g/mol. The number of nitrogens with one attached hydrogen (secondary N) is 1. The number of hydrogen-bond donors (Lipinski definition) is 1. The van der Waals surface area contributed by atoms with Crippen LogP contribution >= 0.6 is 0 Å². The first-order valence-corrected chi connectivity index (χ1v) is 5.83. The molecule has 1 rings (SSSR count). The van der Waals surface area contributed by atoms with E-state index in [4.69, 9.17) is 4.74 Å². The molecule has 102 valence electrons. The van der Waals surface area contributed by atoms with Crippen LogP contribution in [0, 0.1) is 5.92 Å². The van der Waals surface area contributed by atoms with Crippen molar-refractivity contribution in [1.29, 1.82) is 0 Å². The van der Waals surface area contributed by atoms with Crippen LogP contribution in [0.1, 0.15) is 13.8 Å². The molecule has 0 bridgehead atoms. The molecular formula is C13H19F2NO2. The van der Waals surface area contributed by atoms with E-state index in [0.29, 0.717) is 12.5 Å². The zero-order chi connectivity index (χ0) is 13.5. The molecule has 0 aromatic heterocycles. The second-order valence-corrected chi connectivity index (χ2v) is 4.35. The Morgan fingerprint density at radius 3 is 2.22 bits per heavy atom. The molecule has 0 fully saturated rings. The minimum atomic E-state index is -2.79. The largest absolute Gasteiger partial charge is 0.435 e. The lowest BCUT2D eigenvalue weighted by Gasteiger charge is -2.22. The van der Waals surface area contributed by atoms with Crippen LogP contribution in [-0.4, -0.2) is 26.4 Å². The van der Waals surface area contributed by atoms with Gasteiger partial charge in [0.15, 0.2) is 0 Å². The smallest absolute Gasteiger partial charge is 0.387 e. The fourth-order valence-electron chi connectivity index (χ4n) is 1.53. The van der Waals surface area contributed by atoms with Gasteiger partial charge in [0.2, 0.25) is 0 Å². The van der Waals surface area contributed by atoms with Crippen molar-refractivity contribution in [3.63, 3.8) is 0 Å². The summed E-state index contributed by atoms with van der Waals surface area (Å²) in [5.41, 5.74) is 0.854.